The lowest BCUT2D eigenvalue weighted by Gasteiger charge is -2.21. The van der Waals surface area contributed by atoms with Crippen LogP contribution in [0.2, 0.25) is 0 Å². The maximum atomic E-state index is 11.4. The van der Waals surface area contributed by atoms with Crippen molar-refractivity contribution in [3.05, 3.63) is 22.6 Å². The van der Waals surface area contributed by atoms with Crippen LogP contribution in [0.4, 0.5) is 5.82 Å². The lowest BCUT2D eigenvalue weighted by atomic mass is 10.1. The Morgan fingerprint density at radius 1 is 1.67 bits per heavy atom. The molecule has 0 bridgehead atoms. The Morgan fingerprint density at radius 2 is 2.39 bits per heavy atom. The number of nitrogens with one attached hydrogen (secondary N) is 2. The van der Waals surface area contributed by atoms with E-state index in [1.165, 1.54) is 4.52 Å². The van der Waals surface area contributed by atoms with Crippen LogP contribution in [-0.2, 0) is 0 Å². The number of aromatic nitrogens is 4. The molecule has 0 aliphatic heterocycles. The van der Waals surface area contributed by atoms with Crippen molar-refractivity contribution in [2.24, 2.45) is 11.7 Å². The van der Waals surface area contributed by atoms with Crippen molar-refractivity contribution in [3.8, 4) is 0 Å². The Balaban J connectivity index is 2.27. The van der Waals surface area contributed by atoms with Gasteiger partial charge in [-0.25, -0.2) is 9.89 Å². The van der Waals surface area contributed by atoms with E-state index in [1.54, 1.807) is 12.1 Å². The Hall–Kier alpha value is -2.38. The van der Waals surface area contributed by atoms with Crippen molar-refractivity contribution < 1.29 is 0 Å². The van der Waals surface area contributed by atoms with Crippen LogP contribution in [0.1, 0.15) is 6.92 Å². The third-order valence-corrected chi connectivity index (χ3v) is 2.73. The molecule has 0 amide bonds. The van der Waals surface area contributed by atoms with Gasteiger partial charge in [0.25, 0.3) is 0 Å². The van der Waals surface area contributed by atoms with E-state index in [-0.39, 0.29) is 17.4 Å². The second-order valence-electron chi connectivity index (χ2n) is 4.23. The number of rotatable bonds is 4. The Labute approximate surface area is 103 Å². The highest BCUT2D eigenvalue weighted by atomic mass is 16.2. The smallest absolute Gasteiger partial charge is 0.364 e. The molecule has 2 aromatic heterocycles. The first-order valence-corrected chi connectivity index (χ1v) is 5.48. The molecule has 0 saturated heterocycles. The molecule has 2 aromatic rings. The standard InChI is InChI=1S/C10H15N7O/c1-6(9(11)12)5-16(2)8-4-3-7-13-14-10(18)17(7)15-8/h3-4,6H,5H2,1-2H3,(H3,11,12)(H,14,18). The minimum absolute atomic E-state index is 0.0754. The van der Waals surface area contributed by atoms with E-state index in [0.717, 1.165) is 0 Å². The van der Waals surface area contributed by atoms with E-state index in [2.05, 4.69) is 15.3 Å². The van der Waals surface area contributed by atoms with E-state index in [9.17, 15) is 4.79 Å². The zero-order chi connectivity index (χ0) is 13.3. The fourth-order valence-electron chi connectivity index (χ4n) is 1.60. The van der Waals surface area contributed by atoms with Crippen LogP contribution in [0.15, 0.2) is 16.9 Å². The van der Waals surface area contributed by atoms with E-state index in [0.29, 0.717) is 18.0 Å². The van der Waals surface area contributed by atoms with Crippen molar-refractivity contribution in [1.82, 2.24) is 19.8 Å². The summed E-state index contributed by atoms with van der Waals surface area (Å²) in [6.45, 7) is 2.42. The van der Waals surface area contributed by atoms with Gasteiger partial charge in [0.05, 0.1) is 5.84 Å². The molecule has 0 aliphatic carbocycles. The molecule has 0 aliphatic rings. The van der Waals surface area contributed by atoms with Gasteiger partial charge in [-0.2, -0.15) is 9.61 Å². The first kappa shape index (κ1) is 12.1. The van der Waals surface area contributed by atoms with Gasteiger partial charge >= 0.3 is 5.69 Å². The summed E-state index contributed by atoms with van der Waals surface area (Å²) in [5.74, 6) is 0.677. The number of amidine groups is 1. The molecule has 2 rings (SSSR count). The van der Waals surface area contributed by atoms with Crippen molar-refractivity contribution in [1.29, 1.82) is 5.41 Å². The van der Waals surface area contributed by atoms with E-state index < -0.39 is 0 Å². The summed E-state index contributed by atoms with van der Waals surface area (Å²) in [5.41, 5.74) is 5.52. The molecule has 1 atom stereocenters. The van der Waals surface area contributed by atoms with Gasteiger partial charge in [-0.1, -0.05) is 6.92 Å². The van der Waals surface area contributed by atoms with Gasteiger partial charge in [-0.3, -0.25) is 5.41 Å². The third-order valence-electron chi connectivity index (χ3n) is 2.73. The number of hydrogen-bond donors (Lipinski definition) is 3. The van der Waals surface area contributed by atoms with E-state index in [1.807, 2.05) is 18.9 Å². The van der Waals surface area contributed by atoms with Gasteiger partial charge in [-0.05, 0) is 12.1 Å². The summed E-state index contributed by atoms with van der Waals surface area (Å²) in [5, 5.41) is 17.7. The van der Waals surface area contributed by atoms with E-state index in [4.69, 9.17) is 11.1 Å². The van der Waals surface area contributed by atoms with Gasteiger partial charge < -0.3 is 10.6 Å². The average molecular weight is 249 g/mol. The number of fused-ring (bicyclic) bond motifs is 1. The molecular weight excluding hydrogens is 234 g/mol. The maximum Gasteiger partial charge on any atom is 0.364 e. The van der Waals surface area contributed by atoms with Gasteiger partial charge in [0.2, 0.25) is 0 Å². The fourth-order valence-corrected chi connectivity index (χ4v) is 1.60. The van der Waals surface area contributed by atoms with Crippen molar-refractivity contribution in [3.63, 3.8) is 0 Å². The Bertz CT molecular complexity index is 628. The van der Waals surface area contributed by atoms with Crippen LogP contribution in [0, 0.1) is 11.3 Å². The molecule has 0 aromatic carbocycles. The Kier molecular flexibility index (Phi) is 3.00. The normalized spacial score (nSPS) is 12.6. The molecule has 96 valence electrons. The summed E-state index contributed by atoms with van der Waals surface area (Å²) in [4.78, 5) is 13.2. The summed E-state index contributed by atoms with van der Waals surface area (Å²) in [6.07, 6.45) is 0. The van der Waals surface area contributed by atoms with Crippen molar-refractivity contribution in [2.45, 2.75) is 6.92 Å². The van der Waals surface area contributed by atoms with Gasteiger partial charge in [0.1, 0.15) is 5.82 Å². The molecule has 0 spiro atoms. The topological polar surface area (TPSA) is 116 Å². The summed E-state index contributed by atoms with van der Waals surface area (Å²) in [7, 11) is 1.83. The molecule has 0 saturated carbocycles. The highest BCUT2D eigenvalue weighted by molar-refractivity contribution is 5.79. The predicted octanol–water partition coefficient (Wildman–Crippen LogP) is -0.574. The molecule has 4 N–H and O–H groups in total. The van der Waals surface area contributed by atoms with Crippen molar-refractivity contribution in [2.75, 3.05) is 18.5 Å². The number of nitrogens with zero attached hydrogens (tertiary/aromatic N) is 4. The number of nitrogens with two attached hydrogens (primary N) is 1. The van der Waals surface area contributed by atoms with Gasteiger partial charge in [0, 0.05) is 19.5 Å². The summed E-state index contributed by atoms with van der Waals surface area (Å²) in [6, 6.07) is 3.47. The third kappa shape index (κ3) is 2.17. The van der Waals surface area contributed by atoms with Crippen LogP contribution in [0.25, 0.3) is 5.65 Å². The monoisotopic (exact) mass is 249 g/mol. The minimum atomic E-state index is -0.375. The number of aromatic amines is 1. The average Bonchev–Trinajstić information content (AvgIpc) is 2.70. The molecular formula is C10H15N7O. The number of H-pyrrole nitrogens is 1. The second-order valence-corrected chi connectivity index (χ2v) is 4.23. The summed E-state index contributed by atoms with van der Waals surface area (Å²) < 4.78 is 1.20. The van der Waals surface area contributed by atoms with Crippen molar-refractivity contribution >= 4 is 17.3 Å². The van der Waals surface area contributed by atoms with Gasteiger partial charge in [0.15, 0.2) is 5.65 Å². The molecule has 0 radical (unpaired) electrons. The first-order chi connectivity index (χ1) is 8.49. The number of anilines is 1. The highest BCUT2D eigenvalue weighted by Crippen LogP contribution is 2.10. The van der Waals surface area contributed by atoms with Crippen LogP contribution >= 0.6 is 0 Å². The first-order valence-electron chi connectivity index (χ1n) is 5.48. The molecule has 2 heterocycles. The van der Waals surface area contributed by atoms with Crippen LogP contribution in [0.3, 0.4) is 0 Å². The maximum absolute atomic E-state index is 11.4. The zero-order valence-electron chi connectivity index (χ0n) is 10.2. The Morgan fingerprint density at radius 3 is 3.06 bits per heavy atom. The fraction of sp³-hybridized carbons (Fsp3) is 0.400. The van der Waals surface area contributed by atoms with Crippen LogP contribution in [-0.4, -0.2) is 39.2 Å². The second kappa shape index (κ2) is 4.47. The largest absolute Gasteiger partial charge is 0.387 e. The lowest BCUT2D eigenvalue weighted by Crippen LogP contribution is -2.32. The van der Waals surface area contributed by atoms with E-state index >= 15 is 0 Å². The molecule has 8 nitrogen and oxygen atoms in total. The molecule has 18 heavy (non-hydrogen) atoms. The van der Waals surface area contributed by atoms with Crippen LogP contribution in [0.5, 0.6) is 0 Å². The summed E-state index contributed by atoms with van der Waals surface area (Å²) >= 11 is 0. The quantitative estimate of drug-likeness (QED) is 0.495. The van der Waals surface area contributed by atoms with Gasteiger partial charge in [-0.15, -0.1) is 5.10 Å². The minimum Gasteiger partial charge on any atom is -0.387 e. The van der Waals surface area contributed by atoms with Crippen LogP contribution < -0.4 is 16.3 Å². The predicted molar refractivity (Wildman–Crippen MR) is 68.0 cm³/mol. The number of hydrogen-bond acceptors (Lipinski definition) is 5. The SMILES string of the molecule is CC(CN(C)c1ccc2n[nH]c(=O)n2n1)C(=N)N. The lowest BCUT2D eigenvalue weighted by molar-refractivity contribution is 0.712. The highest BCUT2D eigenvalue weighted by Gasteiger charge is 2.12. The molecule has 8 heteroatoms. The molecule has 1 unspecified atom stereocenters. The zero-order valence-corrected chi connectivity index (χ0v) is 10.2. The molecule has 0 fully saturated rings.